The summed E-state index contributed by atoms with van der Waals surface area (Å²) in [5.74, 6) is 0. The van der Waals surface area contributed by atoms with Crippen molar-refractivity contribution in [3.05, 3.63) is 167 Å². The lowest BCUT2D eigenvalue weighted by Crippen LogP contribution is -2.39. The smallest absolute Gasteiger partial charge is 0.0755 e. The molecule has 2 heterocycles. The summed E-state index contributed by atoms with van der Waals surface area (Å²) in [7, 11) is 0. The van der Waals surface area contributed by atoms with Gasteiger partial charge in [-0.3, -0.25) is 0 Å². The van der Waals surface area contributed by atoms with Gasteiger partial charge in [0.15, 0.2) is 0 Å². The van der Waals surface area contributed by atoms with Crippen LogP contribution >= 0.6 is 23.1 Å². The molecule has 0 saturated carbocycles. The first-order valence-electron chi connectivity index (χ1n) is 15.4. The molecule has 214 valence electrons. The molecule has 0 radical (unpaired) electrons. The van der Waals surface area contributed by atoms with Gasteiger partial charge in [-0.1, -0.05) is 110 Å². The lowest BCUT2D eigenvalue weighted by Gasteiger charge is -2.47. The molecule has 7 aromatic rings. The van der Waals surface area contributed by atoms with Crippen molar-refractivity contribution in [2.24, 2.45) is 0 Å². The fourth-order valence-electron chi connectivity index (χ4n) is 7.53. The molecule has 0 N–H and O–H groups in total. The van der Waals surface area contributed by atoms with E-state index in [1.165, 1.54) is 69.9 Å². The monoisotopic (exact) mass is 603 g/mol. The van der Waals surface area contributed by atoms with E-state index in [0.717, 1.165) is 12.8 Å². The lowest BCUT2D eigenvalue weighted by atomic mass is 9.61. The maximum atomic E-state index is 2.46. The van der Waals surface area contributed by atoms with Crippen LogP contribution in [0.1, 0.15) is 41.2 Å². The quantitative estimate of drug-likeness (QED) is 0.174. The van der Waals surface area contributed by atoms with Gasteiger partial charge in [0.1, 0.15) is 0 Å². The number of hydrogen-bond donors (Lipinski definition) is 0. The first kappa shape index (κ1) is 27.3. The molecule has 1 aromatic heterocycles. The molecule has 1 aliphatic heterocycles. The van der Waals surface area contributed by atoms with Crippen molar-refractivity contribution in [1.82, 2.24) is 0 Å². The number of anilines is 3. The number of hydrogen-bond acceptors (Lipinski definition) is 3. The number of fused-ring (bicyclic) bond motifs is 5. The molecule has 0 aliphatic carbocycles. The van der Waals surface area contributed by atoms with Crippen LogP contribution in [0.2, 0.25) is 0 Å². The Kier molecular flexibility index (Phi) is 6.81. The summed E-state index contributed by atoms with van der Waals surface area (Å²) in [6.07, 6.45) is 4.31. The largest absolute Gasteiger partial charge is 0.310 e. The van der Waals surface area contributed by atoms with E-state index in [4.69, 9.17) is 0 Å². The van der Waals surface area contributed by atoms with Crippen molar-refractivity contribution in [3.63, 3.8) is 0 Å². The van der Waals surface area contributed by atoms with Gasteiger partial charge < -0.3 is 4.90 Å². The Balaban J connectivity index is 1.59. The molecule has 0 amide bonds. The van der Waals surface area contributed by atoms with Crippen molar-refractivity contribution in [3.8, 4) is 0 Å². The van der Waals surface area contributed by atoms with Gasteiger partial charge in [0.25, 0.3) is 0 Å². The van der Waals surface area contributed by atoms with E-state index in [1.54, 1.807) is 0 Å². The predicted octanol–water partition coefficient (Wildman–Crippen LogP) is 11.9. The maximum Gasteiger partial charge on any atom is 0.0755 e. The van der Waals surface area contributed by atoms with Crippen LogP contribution < -0.4 is 4.90 Å². The second-order valence-corrected chi connectivity index (χ2v) is 13.4. The zero-order valence-corrected chi connectivity index (χ0v) is 26.6. The highest BCUT2D eigenvalue weighted by Crippen LogP contribution is 2.60. The van der Waals surface area contributed by atoms with Gasteiger partial charge in [0, 0.05) is 30.8 Å². The van der Waals surface area contributed by atoms with E-state index < -0.39 is 5.41 Å². The molecule has 0 unspecified atom stereocenters. The Morgan fingerprint density at radius 3 is 1.91 bits per heavy atom. The number of rotatable bonds is 6. The number of thiophene rings is 1. The summed E-state index contributed by atoms with van der Waals surface area (Å²) < 4.78 is 2.73. The molecule has 0 bridgehead atoms. The minimum Gasteiger partial charge on any atom is -0.310 e. The van der Waals surface area contributed by atoms with E-state index in [-0.39, 0.29) is 0 Å². The minimum absolute atomic E-state index is 0.514. The average molecular weight is 604 g/mol. The Bertz CT molecular complexity index is 2090. The molecule has 6 aromatic carbocycles. The van der Waals surface area contributed by atoms with Gasteiger partial charge in [-0.15, -0.1) is 23.1 Å². The summed E-state index contributed by atoms with van der Waals surface area (Å²) >= 11 is 3.76. The highest BCUT2D eigenvalue weighted by molar-refractivity contribution is 7.98. The van der Waals surface area contributed by atoms with Crippen molar-refractivity contribution < 1.29 is 0 Å². The highest BCUT2D eigenvalue weighted by Gasteiger charge is 2.48. The molecule has 1 aliphatic rings. The number of para-hydroxylation sites is 3. The van der Waals surface area contributed by atoms with Gasteiger partial charge in [0.05, 0.1) is 16.8 Å². The average Bonchev–Trinajstić information content (AvgIpc) is 3.47. The van der Waals surface area contributed by atoms with Crippen molar-refractivity contribution in [1.29, 1.82) is 0 Å². The van der Waals surface area contributed by atoms with E-state index in [0.29, 0.717) is 0 Å². The zero-order chi connectivity index (χ0) is 29.7. The summed E-state index contributed by atoms with van der Waals surface area (Å²) in [6, 6.07) is 51.9. The topological polar surface area (TPSA) is 3.24 Å². The van der Waals surface area contributed by atoms with Crippen LogP contribution in [-0.4, -0.2) is 6.26 Å². The van der Waals surface area contributed by atoms with E-state index >= 15 is 0 Å². The van der Waals surface area contributed by atoms with Crippen LogP contribution in [0.3, 0.4) is 0 Å². The number of thioether (sulfide) groups is 1. The molecule has 44 heavy (non-hydrogen) atoms. The van der Waals surface area contributed by atoms with Crippen LogP contribution in [-0.2, 0) is 11.8 Å². The Morgan fingerprint density at radius 2 is 1.20 bits per heavy atom. The third-order valence-corrected chi connectivity index (χ3v) is 11.1. The molecule has 3 heteroatoms. The number of aryl methyl sites for hydroxylation is 1. The third kappa shape index (κ3) is 3.93. The van der Waals surface area contributed by atoms with Crippen molar-refractivity contribution >= 4 is 60.3 Å². The number of nitrogens with zero attached hydrogens (tertiary/aromatic N) is 1. The molecule has 1 nitrogen and oxygen atoms in total. The van der Waals surface area contributed by atoms with E-state index in [1.807, 2.05) is 23.1 Å². The van der Waals surface area contributed by atoms with Crippen LogP contribution in [0.4, 0.5) is 17.1 Å². The molecular formula is C41H33NS2. The summed E-state index contributed by atoms with van der Waals surface area (Å²) in [5, 5.41) is 2.79. The SMILES string of the molecule is CCCc1c(C2(c3ccccc3SC)c3ccccc3N(c3ccccc3)c3ccccc32)ccc2sc3ccccc3c12. The fraction of sp³-hybridized carbons (Fsp3) is 0.122. The van der Waals surface area contributed by atoms with Crippen molar-refractivity contribution in [2.75, 3.05) is 11.2 Å². The lowest BCUT2D eigenvalue weighted by molar-refractivity contribution is 0.702. The standard InChI is InChI=1S/C41H33NS2/c1-3-15-29-31(26-27-39-40(29)30-18-7-13-24-37(30)44-39)41(34-21-10-14-25-38(34)43-2)32-19-8-11-22-35(32)42(28-16-5-4-6-17-28)36-23-12-9-20-33(36)41/h4-14,16-27H,3,15H2,1-2H3. The molecule has 0 atom stereocenters. The first-order chi connectivity index (χ1) is 21.8. The minimum atomic E-state index is -0.514. The van der Waals surface area contributed by atoms with Crippen LogP contribution in [0.5, 0.6) is 0 Å². The molecule has 8 rings (SSSR count). The van der Waals surface area contributed by atoms with Crippen molar-refractivity contribution in [2.45, 2.75) is 30.1 Å². The Hall–Kier alpha value is -4.31. The molecule has 0 fully saturated rings. The third-order valence-electron chi connectivity index (χ3n) is 9.18. The Morgan fingerprint density at radius 1 is 0.591 bits per heavy atom. The zero-order valence-electron chi connectivity index (χ0n) is 25.0. The molecular weight excluding hydrogens is 571 g/mol. The highest BCUT2D eigenvalue weighted by atomic mass is 32.2. The van der Waals surface area contributed by atoms with E-state index in [2.05, 4.69) is 158 Å². The summed E-state index contributed by atoms with van der Waals surface area (Å²) in [6.45, 7) is 2.32. The molecule has 0 saturated heterocycles. The normalized spacial score (nSPS) is 13.6. The molecule has 0 spiro atoms. The maximum absolute atomic E-state index is 2.46. The first-order valence-corrected chi connectivity index (χ1v) is 17.4. The fourth-order valence-corrected chi connectivity index (χ4v) is 9.32. The Labute approximate surface area is 267 Å². The van der Waals surface area contributed by atoms with Crippen LogP contribution in [0.25, 0.3) is 20.2 Å². The van der Waals surface area contributed by atoms with Crippen LogP contribution in [0.15, 0.2) is 144 Å². The summed E-state index contributed by atoms with van der Waals surface area (Å²) in [5.41, 5.74) is 9.96. The number of benzene rings is 6. The van der Waals surface area contributed by atoms with Gasteiger partial charge >= 0.3 is 0 Å². The van der Waals surface area contributed by atoms with Gasteiger partial charge in [-0.05, 0) is 83.0 Å². The van der Waals surface area contributed by atoms with E-state index in [9.17, 15) is 0 Å². The second-order valence-electron chi connectivity index (χ2n) is 11.5. The second kappa shape index (κ2) is 11.0. The van der Waals surface area contributed by atoms with Crippen LogP contribution in [0, 0.1) is 0 Å². The summed E-state index contributed by atoms with van der Waals surface area (Å²) in [4.78, 5) is 3.77. The van der Waals surface area contributed by atoms with Gasteiger partial charge in [-0.2, -0.15) is 0 Å². The van der Waals surface area contributed by atoms with Gasteiger partial charge in [0.2, 0.25) is 0 Å². The van der Waals surface area contributed by atoms with Gasteiger partial charge in [-0.25, -0.2) is 0 Å². The predicted molar refractivity (Wildman–Crippen MR) is 192 cm³/mol.